The molecule has 2 nitrogen and oxygen atoms in total. The lowest BCUT2D eigenvalue weighted by atomic mass is 10.0. The summed E-state index contributed by atoms with van der Waals surface area (Å²) in [4.78, 5) is 3.99. The molecule has 0 aliphatic rings. The molecule has 1 aromatic heterocycles. The van der Waals surface area contributed by atoms with E-state index in [2.05, 4.69) is 4.98 Å². The van der Waals surface area contributed by atoms with Crippen LogP contribution >= 0.6 is 0 Å². The molecule has 0 radical (unpaired) electrons. The summed E-state index contributed by atoms with van der Waals surface area (Å²) in [6.45, 7) is 3.62. The fourth-order valence-electron chi connectivity index (χ4n) is 1.65. The third-order valence-electron chi connectivity index (χ3n) is 2.58. The van der Waals surface area contributed by atoms with Crippen LogP contribution in [0.2, 0.25) is 0 Å². The summed E-state index contributed by atoms with van der Waals surface area (Å²) in [6.07, 6.45) is -3.49. The molecule has 102 valence electrons. The van der Waals surface area contributed by atoms with E-state index >= 15 is 0 Å². The van der Waals surface area contributed by atoms with Gasteiger partial charge in [-0.25, -0.2) is 9.37 Å². The maximum absolute atomic E-state index is 13.0. The summed E-state index contributed by atoms with van der Waals surface area (Å²) in [7, 11) is 0. The molecule has 0 aliphatic heterocycles. The van der Waals surface area contributed by atoms with Crippen molar-refractivity contribution in [2.75, 3.05) is 0 Å². The molecule has 6 heteroatoms. The van der Waals surface area contributed by atoms with Gasteiger partial charge in [0.05, 0.1) is 5.56 Å². The topological polar surface area (TPSA) is 26.0 Å². The Labute approximate surface area is 107 Å². The summed E-state index contributed by atoms with van der Waals surface area (Å²) in [6, 6.07) is 2.48. The predicted octanol–water partition coefficient (Wildman–Crippen LogP) is 4.62. The summed E-state index contributed by atoms with van der Waals surface area (Å²) in [5.41, 5.74) is -1.20. The van der Waals surface area contributed by atoms with Gasteiger partial charge in [0.1, 0.15) is 17.8 Å². The van der Waals surface area contributed by atoms with Gasteiger partial charge in [0.15, 0.2) is 5.89 Å². The Balaban J connectivity index is 2.55. The number of hydrogen-bond donors (Lipinski definition) is 0. The normalized spacial score (nSPS) is 12.2. The highest BCUT2D eigenvalue weighted by Gasteiger charge is 2.34. The van der Waals surface area contributed by atoms with Crippen molar-refractivity contribution in [3.63, 3.8) is 0 Å². The smallest absolute Gasteiger partial charge is 0.417 e. The minimum absolute atomic E-state index is 0.0384. The van der Waals surface area contributed by atoms with Gasteiger partial charge in [0, 0.05) is 11.5 Å². The first-order valence-corrected chi connectivity index (χ1v) is 5.61. The van der Waals surface area contributed by atoms with E-state index in [1.165, 1.54) is 0 Å². The van der Waals surface area contributed by atoms with Gasteiger partial charge in [-0.2, -0.15) is 13.2 Å². The first kappa shape index (κ1) is 13.6. The van der Waals surface area contributed by atoms with Crippen LogP contribution in [0, 0.1) is 5.82 Å². The molecular weight excluding hydrogens is 262 g/mol. The number of benzene rings is 1. The first-order chi connectivity index (χ1) is 8.79. The average Bonchev–Trinajstić information content (AvgIpc) is 2.77. The molecule has 0 saturated heterocycles. The number of halogens is 4. The Kier molecular flexibility index (Phi) is 3.34. The van der Waals surface area contributed by atoms with Gasteiger partial charge >= 0.3 is 6.18 Å². The fraction of sp³-hybridized carbons (Fsp3) is 0.308. The second kappa shape index (κ2) is 4.68. The number of hydrogen-bond acceptors (Lipinski definition) is 2. The van der Waals surface area contributed by atoms with E-state index in [4.69, 9.17) is 4.42 Å². The average molecular weight is 273 g/mol. The highest BCUT2D eigenvalue weighted by Crippen LogP contribution is 2.37. The van der Waals surface area contributed by atoms with Crippen LogP contribution in [0.5, 0.6) is 0 Å². The van der Waals surface area contributed by atoms with E-state index in [1.807, 2.05) is 13.8 Å². The Morgan fingerprint density at radius 1 is 1.21 bits per heavy atom. The van der Waals surface area contributed by atoms with Crippen LogP contribution in [0.25, 0.3) is 11.3 Å². The van der Waals surface area contributed by atoms with Crippen molar-refractivity contribution in [2.45, 2.75) is 25.9 Å². The number of oxazole rings is 1. The SMILES string of the molecule is CC(C)c1nc(-c2ccc(F)cc2C(F)(F)F)co1. The molecule has 0 atom stereocenters. The van der Waals surface area contributed by atoms with Gasteiger partial charge in [0.25, 0.3) is 0 Å². The molecule has 1 aromatic carbocycles. The van der Waals surface area contributed by atoms with E-state index in [0.717, 1.165) is 18.4 Å². The van der Waals surface area contributed by atoms with Gasteiger partial charge in [-0.3, -0.25) is 0 Å². The molecule has 0 saturated carbocycles. The van der Waals surface area contributed by atoms with Crippen molar-refractivity contribution in [3.8, 4) is 11.3 Å². The van der Waals surface area contributed by atoms with E-state index in [-0.39, 0.29) is 17.2 Å². The maximum atomic E-state index is 13.0. The fourth-order valence-corrected chi connectivity index (χ4v) is 1.65. The monoisotopic (exact) mass is 273 g/mol. The lowest BCUT2D eigenvalue weighted by Crippen LogP contribution is -2.08. The largest absolute Gasteiger partial charge is 0.448 e. The quantitative estimate of drug-likeness (QED) is 0.746. The Bertz CT molecular complexity index is 587. The molecule has 0 N–H and O–H groups in total. The molecular formula is C13H11F4NO. The molecule has 2 rings (SSSR count). The number of rotatable bonds is 2. The second-order valence-electron chi connectivity index (χ2n) is 4.41. The third kappa shape index (κ3) is 2.77. The van der Waals surface area contributed by atoms with E-state index in [1.54, 1.807) is 0 Å². The minimum atomic E-state index is -4.64. The predicted molar refractivity (Wildman–Crippen MR) is 61.0 cm³/mol. The van der Waals surface area contributed by atoms with Crippen LogP contribution in [-0.2, 0) is 6.18 Å². The molecule has 0 amide bonds. The zero-order valence-corrected chi connectivity index (χ0v) is 10.3. The van der Waals surface area contributed by atoms with Crippen molar-refractivity contribution in [1.82, 2.24) is 4.98 Å². The van der Waals surface area contributed by atoms with Gasteiger partial charge in [-0.1, -0.05) is 13.8 Å². The first-order valence-electron chi connectivity index (χ1n) is 5.61. The van der Waals surface area contributed by atoms with Crippen LogP contribution in [-0.4, -0.2) is 4.98 Å². The van der Waals surface area contributed by atoms with E-state index in [0.29, 0.717) is 12.0 Å². The van der Waals surface area contributed by atoms with Crippen molar-refractivity contribution in [1.29, 1.82) is 0 Å². The van der Waals surface area contributed by atoms with Crippen LogP contribution in [0.15, 0.2) is 28.9 Å². The molecule has 0 fully saturated rings. The second-order valence-corrected chi connectivity index (χ2v) is 4.41. The zero-order valence-electron chi connectivity index (χ0n) is 10.3. The molecule has 0 spiro atoms. The highest BCUT2D eigenvalue weighted by molar-refractivity contribution is 5.63. The Morgan fingerprint density at radius 3 is 2.42 bits per heavy atom. The van der Waals surface area contributed by atoms with E-state index < -0.39 is 17.6 Å². The van der Waals surface area contributed by atoms with Crippen molar-refractivity contribution in [3.05, 3.63) is 41.7 Å². The minimum Gasteiger partial charge on any atom is -0.448 e. The molecule has 2 aromatic rings. The summed E-state index contributed by atoms with van der Waals surface area (Å²) < 4.78 is 56.7. The zero-order chi connectivity index (χ0) is 14.2. The molecule has 0 unspecified atom stereocenters. The standard InChI is InChI=1S/C13H11F4NO/c1-7(2)12-18-11(6-19-12)9-4-3-8(14)5-10(9)13(15,16)17/h3-7H,1-2H3. The summed E-state index contributed by atoms with van der Waals surface area (Å²) >= 11 is 0. The van der Waals surface area contributed by atoms with Crippen molar-refractivity contribution in [2.24, 2.45) is 0 Å². The van der Waals surface area contributed by atoms with Gasteiger partial charge in [-0.05, 0) is 18.2 Å². The van der Waals surface area contributed by atoms with Crippen LogP contribution in [0.3, 0.4) is 0 Å². The van der Waals surface area contributed by atoms with Crippen LogP contribution in [0.1, 0.15) is 31.2 Å². The van der Waals surface area contributed by atoms with Crippen LogP contribution < -0.4 is 0 Å². The van der Waals surface area contributed by atoms with Crippen molar-refractivity contribution >= 4 is 0 Å². The van der Waals surface area contributed by atoms with Gasteiger partial charge in [-0.15, -0.1) is 0 Å². The Hall–Kier alpha value is -1.85. The Morgan fingerprint density at radius 2 is 1.89 bits per heavy atom. The molecule has 0 aliphatic carbocycles. The maximum Gasteiger partial charge on any atom is 0.417 e. The van der Waals surface area contributed by atoms with Gasteiger partial charge < -0.3 is 4.42 Å². The van der Waals surface area contributed by atoms with Crippen LogP contribution in [0.4, 0.5) is 17.6 Å². The molecule has 19 heavy (non-hydrogen) atoms. The molecule has 1 heterocycles. The van der Waals surface area contributed by atoms with Gasteiger partial charge in [0.2, 0.25) is 0 Å². The highest BCUT2D eigenvalue weighted by atomic mass is 19.4. The van der Waals surface area contributed by atoms with E-state index in [9.17, 15) is 17.6 Å². The lowest BCUT2D eigenvalue weighted by Gasteiger charge is -2.10. The summed E-state index contributed by atoms with van der Waals surface area (Å²) in [5.74, 6) is -0.639. The lowest BCUT2D eigenvalue weighted by molar-refractivity contribution is -0.137. The number of alkyl halides is 3. The molecule has 0 bridgehead atoms. The summed E-state index contributed by atoms with van der Waals surface area (Å²) in [5, 5.41) is 0. The number of nitrogens with zero attached hydrogens (tertiary/aromatic N) is 1. The number of aromatic nitrogens is 1. The third-order valence-corrected chi connectivity index (χ3v) is 2.58. The van der Waals surface area contributed by atoms with Crippen molar-refractivity contribution < 1.29 is 22.0 Å².